The maximum Gasteiger partial charge on any atom is 0.270 e. The number of nitro groups is 1. The Hall–Kier alpha value is -3.46. The lowest BCUT2D eigenvalue weighted by Gasteiger charge is -2.00. The van der Waals surface area contributed by atoms with E-state index in [0.717, 1.165) is 0 Å². The molecule has 0 aliphatic rings. The predicted octanol–water partition coefficient (Wildman–Crippen LogP) is 3.31. The first-order chi connectivity index (χ1) is 12.9. The minimum Gasteiger partial charge on any atom is -0.493 e. The summed E-state index contributed by atoms with van der Waals surface area (Å²) in [5, 5.41) is 20.0. The molecule has 0 amide bonds. The normalized spacial score (nSPS) is 9.81. The van der Waals surface area contributed by atoms with Gasteiger partial charge in [-0.05, 0) is 6.26 Å². The van der Waals surface area contributed by atoms with Gasteiger partial charge in [0.25, 0.3) is 5.69 Å². The van der Waals surface area contributed by atoms with Crippen LogP contribution in [0.2, 0.25) is 0 Å². The van der Waals surface area contributed by atoms with Crippen molar-refractivity contribution in [2.24, 2.45) is 0 Å². The molecule has 0 atom stereocenters. The van der Waals surface area contributed by atoms with E-state index in [0.29, 0.717) is 16.3 Å². The lowest BCUT2D eigenvalue weighted by Crippen LogP contribution is -2.01. The second kappa shape index (κ2) is 9.30. The number of benzene rings is 2. The summed E-state index contributed by atoms with van der Waals surface area (Å²) in [6.45, 7) is 0. The Balaban J connectivity index is 0.000000223. The van der Waals surface area contributed by atoms with Gasteiger partial charge in [0.2, 0.25) is 5.88 Å². The number of rotatable bonds is 4. The van der Waals surface area contributed by atoms with Crippen LogP contribution in [-0.4, -0.2) is 32.0 Å². The number of anilines is 1. The maximum absolute atomic E-state index is 12.0. The minimum atomic E-state index is -0.512. The van der Waals surface area contributed by atoms with E-state index in [9.17, 15) is 14.9 Å². The van der Waals surface area contributed by atoms with Crippen LogP contribution in [-0.2, 0) is 0 Å². The smallest absolute Gasteiger partial charge is 0.270 e. The molecule has 0 saturated carbocycles. The van der Waals surface area contributed by atoms with Gasteiger partial charge in [-0.2, -0.15) is 4.98 Å². The molecule has 1 heterocycles. The third-order valence-corrected chi connectivity index (χ3v) is 3.80. The third kappa shape index (κ3) is 5.79. The molecule has 3 aromatic rings. The highest BCUT2D eigenvalue weighted by atomic mass is 32.2. The molecule has 0 spiro atoms. The second-order valence-electron chi connectivity index (χ2n) is 5.14. The van der Waals surface area contributed by atoms with Crippen molar-refractivity contribution < 1.29 is 14.8 Å². The fourth-order valence-electron chi connectivity index (χ4n) is 2.04. The van der Waals surface area contributed by atoms with Crippen LogP contribution in [0.3, 0.4) is 0 Å². The summed E-state index contributed by atoms with van der Waals surface area (Å²) in [4.78, 5) is 29.6. The predicted molar refractivity (Wildman–Crippen MR) is 103 cm³/mol. The zero-order valence-electron chi connectivity index (χ0n) is 14.3. The van der Waals surface area contributed by atoms with Gasteiger partial charge < -0.3 is 10.8 Å². The zero-order chi connectivity index (χ0) is 19.8. The molecule has 0 bridgehead atoms. The van der Waals surface area contributed by atoms with Crippen molar-refractivity contribution in [3.05, 3.63) is 81.9 Å². The first-order valence-electron chi connectivity index (χ1n) is 7.62. The lowest BCUT2D eigenvalue weighted by atomic mass is 10.0. The van der Waals surface area contributed by atoms with E-state index in [1.54, 1.807) is 30.3 Å². The fourth-order valence-corrected chi connectivity index (χ4v) is 2.42. The van der Waals surface area contributed by atoms with Crippen LogP contribution in [0.1, 0.15) is 15.9 Å². The molecule has 2 aromatic carbocycles. The first-order valence-corrected chi connectivity index (χ1v) is 8.85. The summed E-state index contributed by atoms with van der Waals surface area (Å²) in [6, 6.07) is 15.7. The number of carbonyl (C=O) groups excluding carboxylic acids is 1. The average molecular weight is 384 g/mol. The molecule has 3 N–H and O–H groups in total. The molecule has 0 radical (unpaired) electrons. The van der Waals surface area contributed by atoms with Gasteiger partial charge >= 0.3 is 0 Å². The van der Waals surface area contributed by atoms with E-state index >= 15 is 0 Å². The third-order valence-electron chi connectivity index (χ3n) is 3.25. The summed E-state index contributed by atoms with van der Waals surface area (Å²) in [7, 11) is 0. The van der Waals surface area contributed by atoms with E-state index in [4.69, 9.17) is 10.8 Å². The van der Waals surface area contributed by atoms with Gasteiger partial charge in [-0.1, -0.05) is 54.2 Å². The van der Waals surface area contributed by atoms with Crippen molar-refractivity contribution >= 4 is 29.1 Å². The van der Waals surface area contributed by atoms with Crippen molar-refractivity contribution in [3.8, 4) is 5.88 Å². The number of nitrogens with zero attached hydrogens (tertiary/aromatic N) is 3. The Kier molecular flexibility index (Phi) is 6.84. The molecule has 0 aliphatic carbocycles. The fraction of sp³-hybridized carbons (Fsp3) is 0.0556. The van der Waals surface area contributed by atoms with Crippen LogP contribution >= 0.6 is 11.8 Å². The highest BCUT2D eigenvalue weighted by Crippen LogP contribution is 2.16. The molecule has 0 saturated heterocycles. The number of hydrogen-bond donors (Lipinski definition) is 2. The minimum absolute atomic E-state index is 0.0771. The first kappa shape index (κ1) is 19.9. The number of ketones is 1. The lowest BCUT2D eigenvalue weighted by molar-refractivity contribution is -0.384. The van der Waals surface area contributed by atoms with Gasteiger partial charge in [0, 0.05) is 29.3 Å². The molecule has 0 fully saturated rings. The van der Waals surface area contributed by atoms with Gasteiger partial charge in [-0.15, -0.1) is 0 Å². The molecule has 0 aliphatic heterocycles. The Morgan fingerprint density at radius 3 is 2.33 bits per heavy atom. The molecule has 3 rings (SSSR count). The number of nitrogen functional groups attached to an aromatic ring is 1. The van der Waals surface area contributed by atoms with Crippen molar-refractivity contribution in [2.45, 2.75) is 5.16 Å². The molecule has 1 aromatic heterocycles. The molecule has 27 heavy (non-hydrogen) atoms. The van der Waals surface area contributed by atoms with Gasteiger partial charge in [0.15, 0.2) is 10.9 Å². The van der Waals surface area contributed by atoms with Gasteiger partial charge in [0.05, 0.1) is 4.92 Å². The van der Waals surface area contributed by atoms with Gasteiger partial charge in [-0.25, -0.2) is 4.98 Å². The largest absolute Gasteiger partial charge is 0.493 e. The number of thioether (sulfide) groups is 1. The maximum atomic E-state index is 12.0. The molecular formula is C18H16N4O4S. The van der Waals surface area contributed by atoms with Crippen LogP contribution in [0.15, 0.2) is 65.8 Å². The van der Waals surface area contributed by atoms with Crippen molar-refractivity contribution in [2.75, 3.05) is 12.0 Å². The van der Waals surface area contributed by atoms with Crippen molar-refractivity contribution in [1.29, 1.82) is 0 Å². The monoisotopic (exact) mass is 384 g/mol. The average Bonchev–Trinajstić information content (AvgIpc) is 2.68. The van der Waals surface area contributed by atoms with Crippen LogP contribution in [0, 0.1) is 10.1 Å². The number of nitrogens with two attached hydrogens (primary N) is 1. The van der Waals surface area contributed by atoms with Crippen LogP contribution in [0.4, 0.5) is 11.5 Å². The quantitative estimate of drug-likeness (QED) is 0.230. The Bertz CT molecular complexity index is 931. The van der Waals surface area contributed by atoms with Crippen LogP contribution in [0.25, 0.3) is 0 Å². The molecule has 9 heteroatoms. The SMILES string of the molecule is CSc1nc(N)cc(O)n1.O=C(c1ccccc1)c1cccc([N+](=O)[O-])c1. The number of nitro benzene ring substituents is 1. The van der Waals surface area contributed by atoms with E-state index in [1.165, 1.54) is 36.0 Å². The Morgan fingerprint density at radius 2 is 1.74 bits per heavy atom. The number of aromatic hydroxyl groups is 1. The van der Waals surface area contributed by atoms with E-state index in [-0.39, 0.29) is 23.2 Å². The number of hydrogen-bond acceptors (Lipinski definition) is 8. The van der Waals surface area contributed by atoms with Crippen molar-refractivity contribution in [1.82, 2.24) is 9.97 Å². The number of aromatic nitrogens is 2. The number of non-ortho nitro benzene ring substituents is 1. The molecular weight excluding hydrogens is 368 g/mol. The standard InChI is InChI=1S/C13H9NO3.C5H7N3OS/c15-13(10-5-2-1-3-6-10)11-7-4-8-12(9-11)14(16)17;1-10-5-7-3(6)2-4(9)8-5/h1-9H;2H,1H3,(H3,6,7,8,9). The summed E-state index contributed by atoms with van der Waals surface area (Å²) in [5.41, 5.74) is 6.08. The Labute approximate surface area is 159 Å². The van der Waals surface area contributed by atoms with Gasteiger partial charge in [0.1, 0.15) is 5.82 Å². The number of carbonyl (C=O) groups is 1. The topological polar surface area (TPSA) is 132 Å². The highest BCUT2D eigenvalue weighted by Gasteiger charge is 2.12. The van der Waals surface area contributed by atoms with Crippen LogP contribution < -0.4 is 5.73 Å². The summed E-state index contributed by atoms with van der Waals surface area (Å²) < 4.78 is 0. The van der Waals surface area contributed by atoms with E-state index in [2.05, 4.69) is 9.97 Å². The Morgan fingerprint density at radius 1 is 1.07 bits per heavy atom. The highest BCUT2D eigenvalue weighted by molar-refractivity contribution is 7.98. The zero-order valence-corrected chi connectivity index (χ0v) is 15.1. The summed E-state index contributed by atoms with van der Waals surface area (Å²) >= 11 is 1.33. The van der Waals surface area contributed by atoms with E-state index in [1.807, 2.05) is 12.3 Å². The molecule has 8 nitrogen and oxygen atoms in total. The van der Waals surface area contributed by atoms with Crippen molar-refractivity contribution in [3.63, 3.8) is 0 Å². The summed E-state index contributed by atoms with van der Waals surface area (Å²) in [6.07, 6.45) is 1.81. The van der Waals surface area contributed by atoms with E-state index < -0.39 is 4.92 Å². The molecule has 0 unspecified atom stereocenters. The van der Waals surface area contributed by atoms with Crippen LogP contribution in [0.5, 0.6) is 5.88 Å². The van der Waals surface area contributed by atoms with Gasteiger partial charge in [-0.3, -0.25) is 14.9 Å². The summed E-state index contributed by atoms with van der Waals surface area (Å²) in [5.74, 6) is -0.0111. The second-order valence-corrected chi connectivity index (χ2v) is 5.91. The molecule has 138 valence electrons.